The summed E-state index contributed by atoms with van der Waals surface area (Å²) in [7, 11) is 0. The number of aliphatic hydroxyl groups excluding tert-OH is 1. The molecule has 2 N–H and O–H groups in total. The fourth-order valence-electron chi connectivity index (χ4n) is 2.49. The fourth-order valence-corrected chi connectivity index (χ4v) is 2.49. The third-order valence-electron chi connectivity index (χ3n) is 3.45. The Morgan fingerprint density at radius 1 is 1.37 bits per heavy atom. The van der Waals surface area contributed by atoms with E-state index < -0.39 is 6.10 Å². The van der Waals surface area contributed by atoms with Gasteiger partial charge in [-0.1, -0.05) is 12.1 Å². The number of hydrogen-bond donors (Lipinski definition) is 2. The highest BCUT2D eigenvalue weighted by atomic mass is 16.4. The van der Waals surface area contributed by atoms with Crippen molar-refractivity contribution in [3.63, 3.8) is 0 Å². The summed E-state index contributed by atoms with van der Waals surface area (Å²) >= 11 is 0. The molecular formula is C15H15NO3. The highest BCUT2D eigenvalue weighted by molar-refractivity contribution is 5.94. The van der Waals surface area contributed by atoms with Crippen LogP contribution in [-0.2, 0) is 11.2 Å². The number of furan rings is 1. The Bertz CT molecular complexity index is 617. The Balaban J connectivity index is 2.01. The first-order chi connectivity index (χ1) is 9.15. The Labute approximate surface area is 111 Å². The molecule has 1 aromatic heterocycles. The number of nitrogens with one attached hydrogen (secondary N) is 1. The number of carbonyl (C=O) groups excluding carboxylic acids is 1. The lowest BCUT2D eigenvalue weighted by molar-refractivity contribution is -0.116. The lowest BCUT2D eigenvalue weighted by Gasteiger charge is -2.21. The van der Waals surface area contributed by atoms with Crippen LogP contribution in [0.4, 0.5) is 5.69 Å². The van der Waals surface area contributed by atoms with Crippen LogP contribution in [0.3, 0.4) is 0 Å². The fraction of sp³-hybridized carbons (Fsp3) is 0.267. The first-order valence-corrected chi connectivity index (χ1v) is 6.30. The summed E-state index contributed by atoms with van der Waals surface area (Å²) in [4.78, 5) is 11.4. The zero-order chi connectivity index (χ0) is 13.4. The van der Waals surface area contributed by atoms with E-state index in [9.17, 15) is 9.90 Å². The van der Waals surface area contributed by atoms with Crippen molar-refractivity contribution in [1.29, 1.82) is 0 Å². The van der Waals surface area contributed by atoms with Gasteiger partial charge in [-0.25, -0.2) is 0 Å². The van der Waals surface area contributed by atoms with Gasteiger partial charge in [-0.15, -0.1) is 0 Å². The van der Waals surface area contributed by atoms with Crippen molar-refractivity contribution in [1.82, 2.24) is 0 Å². The summed E-state index contributed by atoms with van der Waals surface area (Å²) in [5.41, 5.74) is 3.71. The molecule has 1 amide bonds. The van der Waals surface area contributed by atoms with E-state index in [4.69, 9.17) is 4.42 Å². The van der Waals surface area contributed by atoms with Crippen LogP contribution in [0.25, 0.3) is 0 Å². The molecule has 4 heteroatoms. The van der Waals surface area contributed by atoms with Crippen LogP contribution in [0, 0.1) is 6.92 Å². The molecule has 0 spiro atoms. The summed E-state index contributed by atoms with van der Waals surface area (Å²) < 4.78 is 5.23. The van der Waals surface area contributed by atoms with Crippen molar-refractivity contribution >= 4 is 11.6 Å². The van der Waals surface area contributed by atoms with E-state index in [2.05, 4.69) is 5.32 Å². The molecule has 0 aliphatic carbocycles. The first kappa shape index (κ1) is 12.0. The van der Waals surface area contributed by atoms with Crippen molar-refractivity contribution in [2.45, 2.75) is 25.9 Å². The summed E-state index contributed by atoms with van der Waals surface area (Å²) in [5.74, 6) is 0.578. The van der Waals surface area contributed by atoms with Gasteiger partial charge in [-0.2, -0.15) is 0 Å². The second kappa shape index (κ2) is 4.55. The van der Waals surface area contributed by atoms with Crippen molar-refractivity contribution in [2.75, 3.05) is 5.32 Å². The number of amides is 1. The number of rotatable bonds is 2. The normalized spacial score (nSPS) is 15.8. The minimum absolute atomic E-state index is 0.0509. The molecule has 2 aromatic rings. The highest BCUT2D eigenvalue weighted by Crippen LogP contribution is 2.32. The maximum atomic E-state index is 11.4. The summed E-state index contributed by atoms with van der Waals surface area (Å²) in [6.45, 7) is 1.93. The molecule has 1 aliphatic heterocycles. The second-order valence-electron chi connectivity index (χ2n) is 4.84. The van der Waals surface area contributed by atoms with Crippen LogP contribution in [0.5, 0.6) is 0 Å². The minimum atomic E-state index is -0.767. The number of aryl methyl sites for hydroxylation is 2. The largest absolute Gasteiger partial charge is 0.466 e. The predicted octanol–water partition coefficient (Wildman–Crippen LogP) is 2.55. The number of aliphatic hydroxyl groups is 1. The highest BCUT2D eigenvalue weighted by Gasteiger charge is 2.20. The average molecular weight is 257 g/mol. The zero-order valence-electron chi connectivity index (χ0n) is 10.6. The lowest BCUT2D eigenvalue weighted by Crippen LogP contribution is -2.20. The van der Waals surface area contributed by atoms with E-state index in [0.29, 0.717) is 18.6 Å². The second-order valence-corrected chi connectivity index (χ2v) is 4.84. The Kier molecular flexibility index (Phi) is 2.87. The van der Waals surface area contributed by atoms with Gasteiger partial charge in [0.15, 0.2) is 0 Å². The van der Waals surface area contributed by atoms with Crippen LogP contribution in [-0.4, -0.2) is 11.0 Å². The molecule has 3 rings (SSSR count). The van der Waals surface area contributed by atoms with Gasteiger partial charge in [-0.05, 0) is 42.2 Å². The van der Waals surface area contributed by atoms with Crippen molar-refractivity contribution < 1.29 is 14.3 Å². The third kappa shape index (κ3) is 2.15. The molecule has 19 heavy (non-hydrogen) atoms. The zero-order valence-corrected chi connectivity index (χ0v) is 10.6. The van der Waals surface area contributed by atoms with Gasteiger partial charge >= 0.3 is 0 Å². The van der Waals surface area contributed by atoms with Crippen LogP contribution in [0.2, 0.25) is 0 Å². The first-order valence-electron chi connectivity index (χ1n) is 6.30. The van der Waals surface area contributed by atoms with Crippen molar-refractivity contribution in [3.05, 3.63) is 53.0 Å². The van der Waals surface area contributed by atoms with E-state index in [0.717, 1.165) is 22.4 Å². The molecule has 0 fully saturated rings. The lowest BCUT2D eigenvalue weighted by atomic mass is 9.94. The van der Waals surface area contributed by atoms with Gasteiger partial charge in [0.2, 0.25) is 5.91 Å². The SMILES string of the molecule is Cc1cc(C(O)c2ccco2)cc2c1NC(=O)CC2. The van der Waals surface area contributed by atoms with Gasteiger partial charge in [-0.3, -0.25) is 4.79 Å². The monoisotopic (exact) mass is 257 g/mol. The molecule has 1 aliphatic rings. The standard InChI is InChI=1S/C15H15NO3/c1-9-7-11(15(18)12-3-2-6-19-12)8-10-4-5-13(17)16-14(9)10/h2-3,6-8,15,18H,4-5H2,1H3,(H,16,17). The number of fused-ring (bicyclic) bond motifs is 1. The summed E-state index contributed by atoms with van der Waals surface area (Å²) in [6.07, 6.45) is 1.98. The number of hydrogen-bond acceptors (Lipinski definition) is 3. The molecule has 0 bridgehead atoms. The summed E-state index contributed by atoms with van der Waals surface area (Å²) in [6, 6.07) is 7.33. The van der Waals surface area contributed by atoms with E-state index in [1.54, 1.807) is 18.4 Å². The Hall–Kier alpha value is -2.07. The molecule has 4 nitrogen and oxygen atoms in total. The van der Waals surface area contributed by atoms with Crippen LogP contribution >= 0.6 is 0 Å². The topological polar surface area (TPSA) is 62.5 Å². The summed E-state index contributed by atoms with van der Waals surface area (Å²) in [5, 5.41) is 13.2. The van der Waals surface area contributed by atoms with E-state index in [1.807, 2.05) is 19.1 Å². The molecule has 0 saturated carbocycles. The Morgan fingerprint density at radius 2 is 2.21 bits per heavy atom. The third-order valence-corrected chi connectivity index (χ3v) is 3.45. The smallest absolute Gasteiger partial charge is 0.224 e. The molecule has 0 saturated heterocycles. The average Bonchev–Trinajstić information content (AvgIpc) is 2.92. The van der Waals surface area contributed by atoms with Crippen molar-refractivity contribution in [2.24, 2.45) is 0 Å². The Morgan fingerprint density at radius 3 is 2.95 bits per heavy atom. The van der Waals surface area contributed by atoms with E-state index >= 15 is 0 Å². The van der Waals surface area contributed by atoms with Gasteiger partial charge in [0, 0.05) is 12.1 Å². The molecular weight excluding hydrogens is 242 g/mol. The van der Waals surface area contributed by atoms with Gasteiger partial charge in [0.05, 0.1) is 6.26 Å². The molecule has 0 radical (unpaired) electrons. The number of carbonyl (C=O) groups is 1. The van der Waals surface area contributed by atoms with Crippen LogP contribution < -0.4 is 5.32 Å². The van der Waals surface area contributed by atoms with Crippen molar-refractivity contribution in [3.8, 4) is 0 Å². The molecule has 2 heterocycles. The van der Waals surface area contributed by atoms with Gasteiger partial charge in [0.25, 0.3) is 0 Å². The van der Waals surface area contributed by atoms with E-state index in [1.165, 1.54) is 0 Å². The molecule has 98 valence electrons. The quantitative estimate of drug-likeness (QED) is 0.869. The molecule has 1 atom stereocenters. The van der Waals surface area contributed by atoms with Crippen LogP contribution in [0.15, 0.2) is 34.9 Å². The predicted molar refractivity (Wildman–Crippen MR) is 70.9 cm³/mol. The van der Waals surface area contributed by atoms with Gasteiger partial charge < -0.3 is 14.8 Å². The van der Waals surface area contributed by atoms with Crippen LogP contribution in [0.1, 0.15) is 35.0 Å². The number of benzene rings is 1. The van der Waals surface area contributed by atoms with E-state index in [-0.39, 0.29) is 5.91 Å². The molecule has 1 unspecified atom stereocenters. The molecule has 1 aromatic carbocycles. The van der Waals surface area contributed by atoms with Gasteiger partial charge in [0.1, 0.15) is 11.9 Å². The maximum absolute atomic E-state index is 11.4. The number of anilines is 1. The minimum Gasteiger partial charge on any atom is -0.466 e. The maximum Gasteiger partial charge on any atom is 0.224 e.